The summed E-state index contributed by atoms with van der Waals surface area (Å²) in [6.07, 6.45) is 0. The molecule has 1 rings (SSSR count). The second kappa shape index (κ2) is 3.74. The van der Waals surface area contributed by atoms with Gasteiger partial charge in [-0.2, -0.15) is 0 Å². The van der Waals surface area contributed by atoms with Crippen LogP contribution in [0, 0.1) is 0 Å². The second-order valence-electron chi connectivity index (χ2n) is 3.36. The molecule has 0 spiro atoms. The molecule has 74 valence electrons. The van der Waals surface area contributed by atoms with Gasteiger partial charge in [0.1, 0.15) is 0 Å². The average molecular weight is 185 g/mol. The Morgan fingerprint density at radius 3 is 2.62 bits per heavy atom. The largest absolute Gasteiger partial charge is 0.342 e. The Labute approximate surface area is 77.5 Å². The summed E-state index contributed by atoms with van der Waals surface area (Å²) in [6, 6.07) is -0.517. The number of likely N-dealkylation sites (N-methyl/N-ethyl adjacent to an activating group) is 1. The average Bonchev–Trinajstić information content (AvgIpc) is 2.08. The Kier molecular flexibility index (Phi) is 2.87. The van der Waals surface area contributed by atoms with Crippen molar-refractivity contribution in [1.29, 1.82) is 0 Å². The minimum absolute atomic E-state index is 0.0275. The summed E-state index contributed by atoms with van der Waals surface area (Å²) in [5.74, 6) is -0.179. The Morgan fingerprint density at radius 2 is 2.15 bits per heavy atom. The summed E-state index contributed by atoms with van der Waals surface area (Å²) in [5, 5.41) is 0. The van der Waals surface area contributed by atoms with Crippen molar-refractivity contribution in [1.82, 2.24) is 9.80 Å². The normalized spacial score (nSPS) is 20.4. The third kappa shape index (κ3) is 2.18. The SMILES string of the molecule is C[C@H](N)C(=O)N1CCN(C)C(=O)C1. The van der Waals surface area contributed by atoms with Crippen LogP contribution in [-0.2, 0) is 9.59 Å². The Bertz CT molecular complexity index is 227. The fraction of sp³-hybridized carbons (Fsp3) is 0.750. The highest BCUT2D eigenvalue weighted by Crippen LogP contribution is 2.02. The number of hydrogen-bond acceptors (Lipinski definition) is 3. The molecular formula is C8H15N3O2. The number of hydrogen-bond donors (Lipinski definition) is 1. The first kappa shape index (κ1) is 9.98. The van der Waals surface area contributed by atoms with Crippen molar-refractivity contribution in [3.63, 3.8) is 0 Å². The van der Waals surface area contributed by atoms with E-state index in [0.717, 1.165) is 0 Å². The van der Waals surface area contributed by atoms with Crippen LogP contribution >= 0.6 is 0 Å². The molecule has 5 nitrogen and oxygen atoms in total. The number of nitrogens with two attached hydrogens (primary N) is 1. The van der Waals surface area contributed by atoms with Crippen LogP contribution in [0.5, 0.6) is 0 Å². The van der Waals surface area contributed by atoms with Gasteiger partial charge in [0.05, 0.1) is 12.6 Å². The monoisotopic (exact) mass is 185 g/mol. The summed E-state index contributed by atoms with van der Waals surface area (Å²) in [4.78, 5) is 25.7. The molecule has 0 aromatic heterocycles. The van der Waals surface area contributed by atoms with Gasteiger partial charge in [-0.05, 0) is 6.92 Å². The fourth-order valence-corrected chi connectivity index (χ4v) is 1.23. The van der Waals surface area contributed by atoms with Gasteiger partial charge in [-0.3, -0.25) is 9.59 Å². The van der Waals surface area contributed by atoms with Crippen molar-refractivity contribution in [2.75, 3.05) is 26.7 Å². The lowest BCUT2D eigenvalue weighted by Gasteiger charge is -2.32. The van der Waals surface area contributed by atoms with Crippen LogP contribution in [0.3, 0.4) is 0 Å². The Balaban J connectivity index is 2.55. The van der Waals surface area contributed by atoms with Gasteiger partial charge in [0.15, 0.2) is 0 Å². The number of carbonyl (C=O) groups is 2. The second-order valence-corrected chi connectivity index (χ2v) is 3.36. The number of nitrogens with zero attached hydrogens (tertiary/aromatic N) is 2. The van der Waals surface area contributed by atoms with Crippen LogP contribution < -0.4 is 5.73 Å². The zero-order valence-corrected chi connectivity index (χ0v) is 7.99. The van der Waals surface area contributed by atoms with E-state index in [1.807, 2.05) is 0 Å². The maximum Gasteiger partial charge on any atom is 0.241 e. The van der Waals surface area contributed by atoms with Crippen LogP contribution in [-0.4, -0.2) is 54.3 Å². The van der Waals surface area contributed by atoms with E-state index in [2.05, 4.69) is 0 Å². The molecule has 13 heavy (non-hydrogen) atoms. The summed E-state index contributed by atoms with van der Waals surface area (Å²) < 4.78 is 0. The molecule has 1 heterocycles. The number of carbonyl (C=O) groups excluding carboxylic acids is 2. The highest BCUT2D eigenvalue weighted by molar-refractivity contribution is 5.88. The Morgan fingerprint density at radius 1 is 1.54 bits per heavy atom. The minimum atomic E-state index is -0.517. The van der Waals surface area contributed by atoms with Crippen molar-refractivity contribution in [3.8, 4) is 0 Å². The summed E-state index contributed by atoms with van der Waals surface area (Å²) in [6.45, 7) is 2.97. The maximum atomic E-state index is 11.4. The van der Waals surface area contributed by atoms with Crippen molar-refractivity contribution < 1.29 is 9.59 Å². The fourth-order valence-electron chi connectivity index (χ4n) is 1.23. The van der Waals surface area contributed by atoms with Crippen LogP contribution in [0.2, 0.25) is 0 Å². The first-order chi connectivity index (χ1) is 6.02. The molecule has 1 aliphatic heterocycles. The first-order valence-electron chi connectivity index (χ1n) is 4.30. The van der Waals surface area contributed by atoms with Crippen molar-refractivity contribution in [2.45, 2.75) is 13.0 Å². The van der Waals surface area contributed by atoms with Gasteiger partial charge in [0.25, 0.3) is 0 Å². The van der Waals surface area contributed by atoms with E-state index in [-0.39, 0.29) is 18.4 Å². The van der Waals surface area contributed by atoms with E-state index in [9.17, 15) is 9.59 Å². The molecule has 1 aliphatic rings. The van der Waals surface area contributed by atoms with E-state index in [0.29, 0.717) is 13.1 Å². The van der Waals surface area contributed by atoms with Gasteiger partial charge >= 0.3 is 0 Å². The third-order valence-corrected chi connectivity index (χ3v) is 2.16. The molecule has 2 N–H and O–H groups in total. The molecule has 0 aromatic rings. The number of rotatable bonds is 1. The van der Waals surface area contributed by atoms with Gasteiger partial charge < -0.3 is 15.5 Å². The maximum absolute atomic E-state index is 11.4. The van der Waals surface area contributed by atoms with Gasteiger partial charge in [0.2, 0.25) is 11.8 Å². The van der Waals surface area contributed by atoms with Crippen molar-refractivity contribution in [2.24, 2.45) is 5.73 Å². The van der Waals surface area contributed by atoms with E-state index >= 15 is 0 Å². The van der Waals surface area contributed by atoms with Gasteiger partial charge in [-0.15, -0.1) is 0 Å². The molecule has 0 saturated carbocycles. The van der Waals surface area contributed by atoms with Gasteiger partial charge in [0, 0.05) is 20.1 Å². The van der Waals surface area contributed by atoms with Crippen LogP contribution in [0.4, 0.5) is 0 Å². The topological polar surface area (TPSA) is 66.6 Å². The predicted octanol–water partition coefficient (Wildman–Crippen LogP) is -1.37. The van der Waals surface area contributed by atoms with Crippen molar-refractivity contribution >= 4 is 11.8 Å². The van der Waals surface area contributed by atoms with Crippen LogP contribution in [0.25, 0.3) is 0 Å². The third-order valence-electron chi connectivity index (χ3n) is 2.16. The van der Waals surface area contributed by atoms with E-state index in [4.69, 9.17) is 5.73 Å². The summed E-state index contributed by atoms with van der Waals surface area (Å²) in [5.41, 5.74) is 5.43. The van der Waals surface area contributed by atoms with E-state index in [1.54, 1.807) is 18.9 Å². The molecule has 0 bridgehead atoms. The minimum Gasteiger partial charge on any atom is -0.342 e. The molecular weight excluding hydrogens is 170 g/mol. The standard InChI is InChI=1S/C8H15N3O2/c1-6(9)8(13)11-4-3-10(2)7(12)5-11/h6H,3-5,9H2,1-2H3/t6-/m0/s1. The van der Waals surface area contributed by atoms with E-state index in [1.165, 1.54) is 4.90 Å². The molecule has 1 fully saturated rings. The van der Waals surface area contributed by atoms with Gasteiger partial charge in [-0.25, -0.2) is 0 Å². The van der Waals surface area contributed by atoms with Crippen LogP contribution in [0.1, 0.15) is 6.92 Å². The molecule has 0 unspecified atom stereocenters. The Hall–Kier alpha value is -1.10. The lowest BCUT2D eigenvalue weighted by Crippen LogP contribution is -2.54. The van der Waals surface area contributed by atoms with Gasteiger partial charge in [-0.1, -0.05) is 0 Å². The molecule has 0 aliphatic carbocycles. The summed E-state index contributed by atoms with van der Waals surface area (Å²) >= 11 is 0. The lowest BCUT2D eigenvalue weighted by molar-refractivity contribution is -0.144. The molecule has 1 saturated heterocycles. The number of piperazine rings is 1. The molecule has 2 amide bonds. The smallest absolute Gasteiger partial charge is 0.241 e. The summed E-state index contributed by atoms with van der Waals surface area (Å²) in [7, 11) is 1.73. The van der Waals surface area contributed by atoms with Crippen molar-refractivity contribution in [3.05, 3.63) is 0 Å². The molecule has 1 atom stereocenters. The molecule has 0 aromatic carbocycles. The predicted molar refractivity (Wildman–Crippen MR) is 47.9 cm³/mol. The molecule has 0 radical (unpaired) electrons. The highest BCUT2D eigenvalue weighted by Gasteiger charge is 2.26. The highest BCUT2D eigenvalue weighted by atomic mass is 16.2. The number of amides is 2. The molecule has 5 heteroatoms. The zero-order valence-electron chi connectivity index (χ0n) is 7.99. The zero-order chi connectivity index (χ0) is 10.0. The van der Waals surface area contributed by atoms with E-state index < -0.39 is 6.04 Å². The lowest BCUT2D eigenvalue weighted by atomic mass is 10.2. The first-order valence-corrected chi connectivity index (χ1v) is 4.30. The van der Waals surface area contributed by atoms with Crippen LogP contribution in [0.15, 0.2) is 0 Å². The quantitative estimate of drug-likeness (QED) is 0.548.